The second-order valence-corrected chi connectivity index (χ2v) is 3.94. The van der Waals surface area contributed by atoms with Crippen LogP contribution in [0.5, 0.6) is 0 Å². The molecule has 0 aromatic carbocycles. The number of esters is 1. The van der Waals surface area contributed by atoms with Gasteiger partial charge in [0.25, 0.3) is 0 Å². The number of hydrogen-bond donors (Lipinski definition) is 1. The van der Waals surface area contributed by atoms with Gasteiger partial charge in [0.15, 0.2) is 0 Å². The van der Waals surface area contributed by atoms with Gasteiger partial charge in [-0.1, -0.05) is 0 Å². The maximum atomic E-state index is 11.1. The van der Waals surface area contributed by atoms with Crippen LogP contribution in [0.2, 0.25) is 0 Å². The van der Waals surface area contributed by atoms with E-state index in [2.05, 4.69) is 5.32 Å². The molecule has 1 rings (SSSR count). The lowest BCUT2D eigenvalue weighted by molar-refractivity contribution is -0.137. The topological polar surface area (TPSA) is 38.3 Å². The van der Waals surface area contributed by atoms with E-state index in [9.17, 15) is 4.79 Å². The van der Waals surface area contributed by atoms with Gasteiger partial charge in [0.1, 0.15) is 0 Å². The van der Waals surface area contributed by atoms with Gasteiger partial charge in [-0.15, -0.1) is 0 Å². The van der Waals surface area contributed by atoms with E-state index in [-0.39, 0.29) is 5.97 Å². The highest BCUT2D eigenvalue weighted by Crippen LogP contribution is 2.10. The van der Waals surface area contributed by atoms with Gasteiger partial charge < -0.3 is 10.1 Å². The number of allylic oxidation sites excluding steroid dienone is 1. The van der Waals surface area contributed by atoms with E-state index in [0.29, 0.717) is 6.61 Å². The van der Waals surface area contributed by atoms with Gasteiger partial charge in [0, 0.05) is 24.1 Å². The van der Waals surface area contributed by atoms with Crippen molar-refractivity contribution in [1.29, 1.82) is 0 Å². The standard InChI is InChI=1S/C9H15NO2S/c1-2-12-9(11)7-8-3-5-13-6-4-10-8/h7,10H,2-6H2,1H3/b8-7+. The van der Waals surface area contributed by atoms with E-state index >= 15 is 0 Å². The number of ether oxygens (including phenoxy) is 1. The first-order valence-electron chi connectivity index (χ1n) is 4.52. The molecule has 1 saturated heterocycles. The summed E-state index contributed by atoms with van der Waals surface area (Å²) in [6.45, 7) is 3.19. The number of nitrogens with one attached hydrogen (secondary N) is 1. The van der Waals surface area contributed by atoms with Crippen LogP contribution < -0.4 is 5.32 Å². The van der Waals surface area contributed by atoms with E-state index in [0.717, 1.165) is 30.2 Å². The van der Waals surface area contributed by atoms with Gasteiger partial charge in [0.05, 0.1) is 6.61 Å². The van der Waals surface area contributed by atoms with Crippen molar-refractivity contribution in [2.75, 3.05) is 24.7 Å². The molecular formula is C9H15NO2S. The largest absolute Gasteiger partial charge is 0.463 e. The quantitative estimate of drug-likeness (QED) is 0.537. The van der Waals surface area contributed by atoms with Crippen LogP contribution in [0.15, 0.2) is 11.8 Å². The zero-order valence-corrected chi connectivity index (χ0v) is 8.65. The second kappa shape index (κ2) is 5.91. The average molecular weight is 201 g/mol. The molecule has 1 fully saturated rings. The average Bonchev–Trinajstić information content (AvgIpc) is 2.33. The van der Waals surface area contributed by atoms with Gasteiger partial charge in [-0.05, 0) is 19.1 Å². The summed E-state index contributed by atoms with van der Waals surface area (Å²) < 4.78 is 4.82. The SMILES string of the molecule is CCOC(=O)/C=C1\CCSCCN1. The number of thioether (sulfide) groups is 1. The first kappa shape index (κ1) is 10.4. The van der Waals surface area contributed by atoms with Crippen molar-refractivity contribution in [3.8, 4) is 0 Å². The number of hydrogen-bond acceptors (Lipinski definition) is 4. The Morgan fingerprint density at radius 3 is 3.31 bits per heavy atom. The van der Waals surface area contributed by atoms with Gasteiger partial charge in [-0.25, -0.2) is 4.79 Å². The van der Waals surface area contributed by atoms with Crippen LogP contribution in [0, 0.1) is 0 Å². The van der Waals surface area contributed by atoms with Crippen LogP contribution in [0.1, 0.15) is 13.3 Å². The van der Waals surface area contributed by atoms with Crippen LogP contribution in [-0.4, -0.2) is 30.6 Å². The third-order valence-corrected chi connectivity index (χ3v) is 2.68. The van der Waals surface area contributed by atoms with Gasteiger partial charge in [0.2, 0.25) is 0 Å². The number of carbonyl (C=O) groups excluding carboxylic acids is 1. The molecule has 4 heteroatoms. The second-order valence-electron chi connectivity index (χ2n) is 2.71. The fourth-order valence-electron chi connectivity index (χ4n) is 1.11. The lowest BCUT2D eigenvalue weighted by Gasteiger charge is -2.04. The predicted octanol–water partition coefficient (Wildman–Crippen LogP) is 1.16. The summed E-state index contributed by atoms with van der Waals surface area (Å²) in [7, 11) is 0. The molecule has 0 amide bonds. The molecule has 1 N–H and O–H groups in total. The summed E-state index contributed by atoms with van der Waals surface area (Å²) >= 11 is 1.90. The van der Waals surface area contributed by atoms with Crippen molar-refractivity contribution in [3.05, 3.63) is 11.8 Å². The van der Waals surface area contributed by atoms with Gasteiger partial charge >= 0.3 is 5.97 Å². The van der Waals surface area contributed by atoms with E-state index in [1.165, 1.54) is 0 Å². The Kier molecular flexibility index (Phi) is 4.75. The normalized spacial score (nSPS) is 20.5. The third kappa shape index (κ3) is 4.22. The summed E-state index contributed by atoms with van der Waals surface area (Å²) in [6, 6.07) is 0. The minimum Gasteiger partial charge on any atom is -0.463 e. The fraction of sp³-hybridized carbons (Fsp3) is 0.667. The van der Waals surface area contributed by atoms with Gasteiger partial charge in [-0.2, -0.15) is 11.8 Å². The molecule has 0 bridgehead atoms. The molecule has 1 heterocycles. The molecule has 3 nitrogen and oxygen atoms in total. The Morgan fingerprint density at radius 2 is 2.54 bits per heavy atom. The molecule has 0 aromatic rings. The molecule has 0 saturated carbocycles. The Bertz CT molecular complexity index is 194. The molecule has 0 radical (unpaired) electrons. The molecule has 0 atom stereocenters. The van der Waals surface area contributed by atoms with Crippen molar-refractivity contribution >= 4 is 17.7 Å². The molecule has 13 heavy (non-hydrogen) atoms. The van der Waals surface area contributed by atoms with Crippen molar-refractivity contribution in [3.63, 3.8) is 0 Å². The monoisotopic (exact) mass is 201 g/mol. The Hall–Kier alpha value is -0.640. The van der Waals surface area contributed by atoms with Crippen LogP contribution in [-0.2, 0) is 9.53 Å². The summed E-state index contributed by atoms with van der Waals surface area (Å²) in [6.07, 6.45) is 2.50. The predicted molar refractivity (Wildman–Crippen MR) is 54.7 cm³/mol. The van der Waals surface area contributed by atoms with Crippen molar-refractivity contribution in [1.82, 2.24) is 5.32 Å². The van der Waals surface area contributed by atoms with E-state index < -0.39 is 0 Å². The van der Waals surface area contributed by atoms with Gasteiger partial charge in [-0.3, -0.25) is 0 Å². The number of carbonyl (C=O) groups is 1. The minimum absolute atomic E-state index is 0.239. The molecule has 0 aliphatic carbocycles. The molecule has 74 valence electrons. The Labute approximate surface area is 82.9 Å². The third-order valence-electron chi connectivity index (χ3n) is 1.69. The highest BCUT2D eigenvalue weighted by Gasteiger charge is 2.05. The fourth-order valence-corrected chi connectivity index (χ4v) is 1.92. The minimum atomic E-state index is -0.239. The maximum Gasteiger partial charge on any atom is 0.332 e. The number of rotatable bonds is 2. The first-order chi connectivity index (χ1) is 6.33. The van der Waals surface area contributed by atoms with Crippen molar-refractivity contribution < 1.29 is 9.53 Å². The molecule has 0 aromatic heterocycles. The summed E-state index contributed by atoms with van der Waals surface area (Å²) in [5.74, 6) is 1.95. The van der Waals surface area contributed by atoms with Crippen LogP contribution in [0.25, 0.3) is 0 Å². The molecule has 0 unspecified atom stereocenters. The highest BCUT2D eigenvalue weighted by atomic mass is 32.2. The summed E-state index contributed by atoms with van der Waals surface area (Å²) in [5.41, 5.74) is 1.00. The Balaban J connectivity index is 2.42. The smallest absolute Gasteiger partial charge is 0.332 e. The van der Waals surface area contributed by atoms with Crippen molar-refractivity contribution in [2.24, 2.45) is 0 Å². The molecule has 1 aliphatic heterocycles. The van der Waals surface area contributed by atoms with E-state index in [1.54, 1.807) is 6.08 Å². The van der Waals surface area contributed by atoms with Crippen LogP contribution in [0.4, 0.5) is 0 Å². The molecular weight excluding hydrogens is 186 g/mol. The molecule has 0 spiro atoms. The first-order valence-corrected chi connectivity index (χ1v) is 5.67. The Morgan fingerprint density at radius 1 is 1.69 bits per heavy atom. The lowest BCUT2D eigenvalue weighted by atomic mass is 10.3. The van der Waals surface area contributed by atoms with E-state index in [4.69, 9.17) is 4.74 Å². The maximum absolute atomic E-state index is 11.1. The zero-order valence-electron chi connectivity index (χ0n) is 7.84. The van der Waals surface area contributed by atoms with Crippen LogP contribution >= 0.6 is 11.8 Å². The molecule has 1 aliphatic rings. The lowest BCUT2D eigenvalue weighted by Crippen LogP contribution is -2.16. The highest BCUT2D eigenvalue weighted by molar-refractivity contribution is 7.99. The van der Waals surface area contributed by atoms with E-state index in [1.807, 2.05) is 18.7 Å². The van der Waals surface area contributed by atoms with Crippen molar-refractivity contribution in [2.45, 2.75) is 13.3 Å². The summed E-state index contributed by atoms with van der Waals surface area (Å²) in [4.78, 5) is 11.1. The van der Waals surface area contributed by atoms with Crippen LogP contribution in [0.3, 0.4) is 0 Å². The summed E-state index contributed by atoms with van der Waals surface area (Å²) in [5, 5.41) is 3.21. The zero-order chi connectivity index (χ0) is 9.52.